The molecule has 0 aromatic heterocycles. The van der Waals surface area contributed by atoms with Crippen molar-refractivity contribution in [3.05, 3.63) is 75.9 Å². The molecular formula is C28H28O3. The molecule has 158 valence electrons. The Bertz CT molecular complexity index is 1100. The normalized spacial score (nSPS) is 17.1. The number of carbonyl (C=O) groups is 2. The highest BCUT2D eigenvalue weighted by Gasteiger charge is 2.37. The zero-order valence-corrected chi connectivity index (χ0v) is 18.5. The molecule has 0 atom stereocenters. The maximum Gasteiger partial charge on any atom is 0.330 e. The molecule has 2 aromatic carbocycles. The van der Waals surface area contributed by atoms with Crippen LogP contribution in [-0.4, -0.2) is 18.4 Å². The van der Waals surface area contributed by atoms with Gasteiger partial charge in [0.2, 0.25) is 0 Å². The molecule has 0 spiro atoms. The second-order valence-corrected chi connectivity index (χ2v) is 9.03. The minimum atomic E-state index is -0.341. The van der Waals surface area contributed by atoms with Crippen molar-refractivity contribution in [1.29, 1.82) is 0 Å². The second kappa shape index (κ2) is 8.55. The van der Waals surface area contributed by atoms with E-state index < -0.39 is 0 Å². The Morgan fingerprint density at radius 2 is 1.84 bits per heavy atom. The van der Waals surface area contributed by atoms with Crippen LogP contribution in [0.5, 0.6) is 0 Å². The summed E-state index contributed by atoms with van der Waals surface area (Å²) in [5.41, 5.74) is 6.16. The molecule has 0 unspecified atom stereocenters. The Balaban J connectivity index is 1.60. The molecule has 2 aliphatic rings. The zero-order chi connectivity index (χ0) is 22.0. The fraction of sp³-hybridized carbons (Fsp3) is 0.357. The predicted molar refractivity (Wildman–Crippen MR) is 123 cm³/mol. The molecule has 3 nitrogen and oxygen atoms in total. The van der Waals surface area contributed by atoms with Crippen molar-refractivity contribution in [3.8, 4) is 11.8 Å². The molecule has 3 heteroatoms. The van der Waals surface area contributed by atoms with Gasteiger partial charge in [-0.25, -0.2) is 4.79 Å². The van der Waals surface area contributed by atoms with Gasteiger partial charge in [0.05, 0.1) is 6.61 Å². The summed E-state index contributed by atoms with van der Waals surface area (Å²) in [6.45, 7) is 6.62. The summed E-state index contributed by atoms with van der Waals surface area (Å²) in [6, 6.07) is 12.0. The molecule has 0 bridgehead atoms. The smallest absolute Gasteiger partial charge is 0.330 e. The van der Waals surface area contributed by atoms with E-state index >= 15 is 0 Å². The average Bonchev–Trinajstić information content (AvgIpc) is 3.59. The van der Waals surface area contributed by atoms with Gasteiger partial charge >= 0.3 is 5.97 Å². The lowest BCUT2D eigenvalue weighted by Gasteiger charge is -2.33. The Kier molecular flexibility index (Phi) is 5.83. The van der Waals surface area contributed by atoms with Gasteiger partial charge in [0.25, 0.3) is 0 Å². The molecule has 1 fully saturated rings. The van der Waals surface area contributed by atoms with Gasteiger partial charge in [-0.05, 0) is 84.6 Å². The van der Waals surface area contributed by atoms with E-state index in [1.165, 1.54) is 11.6 Å². The van der Waals surface area contributed by atoms with Crippen LogP contribution in [0.1, 0.15) is 90.5 Å². The highest BCUT2D eigenvalue weighted by molar-refractivity contribution is 6.01. The van der Waals surface area contributed by atoms with Crippen molar-refractivity contribution in [2.75, 3.05) is 6.61 Å². The van der Waals surface area contributed by atoms with E-state index in [-0.39, 0.29) is 11.4 Å². The number of fused-ring (bicyclic) bond motifs is 1. The SMILES string of the molecule is CCOC(=O)/C=C/c1ccc(C#Cc2cc(C3CC3)c3c(c2)C(C)(C)CCC3=O)cc1. The third-order valence-electron chi connectivity index (χ3n) is 6.13. The fourth-order valence-electron chi connectivity index (χ4n) is 4.16. The van der Waals surface area contributed by atoms with E-state index in [0.29, 0.717) is 24.7 Å². The molecule has 2 aromatic rings. The number of carbonyl (C=O) groups excluding carboxylic acids is 2. The van der Waals surface area contributed by atoms with E-state index in [1.54, 1.807) is 13.0 Å². The van der Waals surface area contributed by atoms with Gasteiger partial charge < -0.3 is 4.74 Å². The molecule has 0 radical (unpaired) electrons. The average molecular weight is 413 g/mol. The third-order valence-corrected chi connectivity index (χ3v) is 6.13. The predicted octanol–water partition coefficient (Wildman–Crippen LogP) is 5.79. The summed E-state index contributed by atoms with van der Waals surface area (Å²) < 4.78 is 4.90. The van der Waals surface area contributed by atoms with Crippen LogP contribution in [0.25, 0.3) is 6.08 Å². The lowest BCUT2D eigenvalue weighted by Crippen LogP contribution is -2.28. The van der Waals surface area contributed by atoms with E-state index in [1.807, 2.05) is 24.3 Å². The highest BCUT2D eigenvalue weighted by atomic mass is 16.5. The molecule has 0 heterocycles. The molecular weight excluding hydrogens is 384 g/mol. The maximum absolute atomic E-state index is 12.7. The van der Waals surface area contributed by atoms with Crippen molar-refractivity contribution >= 4 is 17.8 Å². The first-order chi connectivity index (χ1) is 14.9. The van der Waals surface area contributed by atoms with Crippen LogP contribution in [0.15, 0.2) is 42.5 Å². The van der Waals surface area contributed by atoms with Crippen molar-refractivity contribution in [2.24, 2.45) is 0 Å². The molecule has 4 rings (SSSR count). The third kappa shape index (κ3) is 4.80. The van der Waals surface area contributed by atoms with Gasteiger partial charge in [0, 0.05) is 29.2 Å². The summed E-state index contributed by atoms with van der Waals surface area (Å²) in [7, 11) is 0. The van der Waals surface area contributed by atoms with Crippen LogP contribution in [0.3, 0.4) is 0 Å². The molecule has 0 amide bonds. The molecule has 0 aliphatic heterocycles. The topological polar surface area (TPSA) is 43.4 Å². The number of rotatable bonds is 4. The van der Waals surface area contributed by atoms with Gasteiger partial charge in [-0.15, -0.1) is 0 Å². The summed E-state index contributed by atoms with van der Waals surface area (Å²) in [4.78, 5) is 24.1. The van der Waals surface area contributed by atoms with Crippen LogP contribution in [0, 0.1) is 11.8 Å². The van der Waals surface area contributed by atoms with Crippen LogP contribution in [-0.2, 0) is 14.9 Å². The molecule has 1 saturated carbocycles. The van der Waals surface area contributed by atoms with Gasteiger partial charge in [0.1, 0.15) is 0 Å². The van der Waals surface area contributed by atoms with Crippen LogP contribution >= 0.6 is 0 Å². The standard InChI is InChI=1S/C28H28O3/c1-4-31-26(30)14-11-20-7-5-19(6-8-20)9-10-21-17-23(22-12-13-22)27-24(18-21)28(2,3)16-15-25(27)29/h5-8,11,14,17-18,22H,4,12-13,15-16H2,1-3H3/b14-11+. The van der Waals surface area contributed by atoms with E-state index in [9.17, 15) is 9.59 Å². The molecule has 31 heavy (non-hydrogen) atoms. The van der Waals surface area contributed by atoms with E-state index in [0.717, 1.165) is 47.1 Å². The van der Waals surface area contributed by atoms with E-state index in [4.69, 9.17) is 4.74 Å². The lowest BCUT2D eigenvalue weighted by atomic mass is 9.70. The second-order valence-electron chi connectivity index (χ2n) is 9.03. The maximum atomic E-state index is 12.7. The largest absolute Gasteiger partial charge is 0.463 e. The van der Waals surface area contributed by atoms with Gasteiger partial charge in [-0.1, -0.05) is 37.8 Å². The number of ether oxygens (including phenoxy) is 1. The Morgan fingerprint density at radius 3 is 2.52 bits per heavy atom. The Morgan fingerprint density at radius 1 is 1.13 bits per heavy atom. The monoisotopic (exact) mass is 412 g/mol. The van der Waals surface area contributed by atoms with Crippen LogP contribution in [0.4, 0.5) is 0 Å². The molecule has 0 N–H and O–H groups in total. The fourth-order valence-corrected chi connectivity index (χ4v) is 4.16. The summed E-state index contributed by atoms with van der Waals surface area (Å²) >= 11 is 0. The number of Topliss-reactive ketones (excluding diaryl/α,β-unsaturated/α-hetero) is 1. The first-order valence-corrected chi connectivity index (χ1v) is 11.1. The number of hydrogen-bond acceptors (Lipinski definition) is 3. The quantitative estimate of drug-likeness (QED) is 0.362. The minimum Gasteiger partial charge on any atom is -0.463 e. The van der Waals surface area contributed by atoms with Crippen molar-refractivity contribution < 1.29 is 14.3 Å². The summed E-state index contributed by atoms with van der Waals surface area (Å²) in [5, 5.41) is 0. The lowest BCUT2D eigenvalue weighted by molar-refractivity contribution is -0.137. The van der Waals surface area contributed by atoms with Gasteiger partial charge in [-0.2, -0.15) is 0 Å². The highest BCUT2D eigenvalue weighted by Crippen LogP contribution is 2.47. The number of hydrogen-bond donors (Lipinski definition) is 0. The number of esters is 1. The first kappa shape index (κ1) is 21.1. The zero-order valence-electron chi connectivity index (χ0n) is 18.5. The first-order valence-electron chi connectivity index (χ1n) is 11.1. The van der Waals surface area contributed by atoms with Gasteiger partial charge in [-0.3, -0.25) is 4.79 Å². The van der Waals surface area contributed by atoms with Crippen molar-refractivity contribution in [1.82, 2.24) is 0 Å². The van der Waals surface area contributed by atoms with Crippen LogP contribution < -0.4 is 0 Å². The summed E-state index contributed by atoms with van der Waals surface area (Å²) in [5.74, 6) is 7.04. The Labute approximate surface area is 184 Å². The Hall–Kier alpha value is -3.12. The number of ketones is 1. The van der Waals surface area contributed by atoms with Gasteiger partial charge in [0.15, 0.2) is 5.78 Å². The molecule has 2 aliphatic carbocycles. The van der Waals surface area contributed by atoms with Crippen molar-refractivity contribution in [3.63, 3.8) is 0 Å². The minimum absolute atomic E-state index is 0.00250. The van der Waals surface area contributed by atoms with E-state index in [2.05, 4.69) is 37.8 Å². The number of benzene rings is 2. The molecule has 0 saturated heterocycles. The summed E-state index contributed by atoms with van der Waals surface area (Å²) in [6.07, 6.45) is 7.03. The van der Waals surface area contributed by atoms with Crippen molar-refractivity contribution in [2.45, 2.75) is 57.8 Å². The van der Waals surface area contributed by atoms with Crippen LogP contribution in [0.2, 0.25) is 0 Å².